The highest BCUT2D eigenvalue weighted by Gasteiger charge is 2.31. The summed E-state index contributed by atoms with van der Waals surface area (Å²) >= 11 is 6.70. The lowest BCUT2D eigenvalue weighted by Gasteiger charge is -2.27. The van der Waals surface area contributed by atoms with E-state index in [1.807, 2.05) is 29.6 Å². The number of anilines is 1. The first-order valence-electron chi connectivity index (χ1n) is 11.7. The summed E-state index contributed by atoms with van der Waals surface area (Å²) in [4.78, 5) is 7.51. The fraction of sp³-hybridized carbons (Fsp3) is 0.333. The van der Waals surface area contributed by atoms with Crippen LogP contribution in [0.3, 0.4) is 0 Å². The van der Waals surface area contributed by atoms with Crippen molar-refractivity contribution < 1.29 is 9.47 Å². The lowest BCUT2D eigenvalue weighted by Crippen LogP contribution is -2.29. The smallest absolute Gasteiger partial charge is 0.165 e. The quantitative estimate of drug-likeness (QED) is 0.294. The fourth-order valence-corrected chi connectivity index (χ4v) is 5.11. The molecule has 4 aromatic rings. The highest BCUT2D eigenvalue weighted by molar-refractivity contribution is 6.33. The molecule has 0 bridgehead atoms. The average Bonchev–Trinajstić information content (AvgIpc) is 3.43. The second-order valence-electron chi connectivity index (χ2n) is 9.20. The number of halogens is 2. The van der Waals surface area contributed by atoms with E-state index in [1.54, 1.807) is 7.11 Å². The van der Waals surface area contributed by atoms with Crippen LogP contribution in [-0.2, 0) is 24.5 Å². The van der Waals surface area contributed by atoms with Crippen molar-refractivity contribution in [2.75, 3.05) is 18.6 Å². The summed E-state index contributed by atoms with van der Waals surface area (Å²) in [6.07, 6.45) is 2.56. The van der Waals surface area contributed by atoms with E-state index in [9.17, 15) is 0 Å². The Bertz CT molecular complexity index is 1370. The van der Waals surface area contributed by atoms with Crippen molar-refractivity contribution >= 4 is 35.5 Å². The number of ether oxygens (including phenoxy) is 2. The number of aryl methyl sites for hydroxylation is 1. The Labute approximate surface area is 216 Å². The molecule has 2 aliphatic rings. The molecular weight excluding hydrogens is 483 g/mol. The van der Waals surface area contributed by atoms with Crippen LogP contribution in [0.25, 0.3) is 16.8 Å². The minimum atomic E-state index is 0. The Morgan fingerprint density at radius 3 is 2.66 bits per heavy atom. The van der Waals surface area contributed by atoms with Gasteiger partial charge < -0.3 is 14.4 Å². The topological polar surface area (TPSA) is 51.9 Å². The number of hydrogen-bond acceptors (Lipinski definition) is 5. The second-order valence-corrected chi connectivity index (χ2v) is 9.61. The van der Waals surface area contributed by atoms with Crippen LogP contribution >= 0.6 is 24.0 Å². The first kappa shape index (κ1) is 23.9. The van der Waals surface area contributed by atoms with Crippen LogP contribution in [0.4, 0.5) is 5.82 Å². The molecule has 1 fully saturated rings. The molecule has 1 aliphatic carbocycles. The summed E-state index contributed by atoms with van der Waals surface area (Å²) < 4.78 is 13.2. The zero-order chi connectivity index (χ0) is 23.2. The molecule has 0 N–H and O–H groups in total. The van der Waals surface area contributed by atoms with Crippen molar-refractivity contribution in [3.63, 3.8) is 0 Å². The van der Waals surface area contributed by atoms with E-state index in [2.05, 4.69) is 35.2 Å². The largest absolute Gasteiger partial charge is 0.497 e. The van der Waals surface area contributed by atoms with E-state index in [0.29, 0.717) is 18.2 Å². The standard InChI is InChI=1S/C27H27ClN4O2.ClH/c1-17-25(21-11-10-20(33-2)12-23(21)28)26-29-24-16-34-15-22(24)27(32(26)30-17)31(14-19-8-9-19)13-18-6-4-3-5-7-18;/h3-7,10-12,19H,8-9,13-16H2,1-2H3;1H. The monoisotopic (exact) mass is 510 g/mol. The van der Waals surface area contributed by atoms with E-state index >= 15 is 0 Å². The van der Waals surface area contributed by atoms with Gasteiger partial charge in [0.1, 0.15) is 11.6 Å². The molecule has 182 valence electrons. The van der Waals surface area contributed by atoms with Crippen LogP contribution in [0.15, 0.2) is 48.5 Å². The summed E-state index contributed by atoms with van der Waals surface area (Å²) in [7, 11) is 1.64. The van der Waals surface area contributed by atoms with Gasteiger partial charge >= 0.3 is 0 Å². The fourth-order valence-electron chi connectivity index (χ4n) is 4.84. The summed E-state index contributed by atoms with van der Waals surface area (Å²) in [5.41, 5.74) is 6.98. The molecule has 0 radical (unpaired) electrons. The maximum absolute atomic E-state index is 6.70. The molecule has 2 aromatic heterocycles. The van der Waals surface area contributed by atoms with Gasteiger partial charge in [0.25, 0.3) is 0 Å². The minimum Gasteiger partial charge on any atom is -0.497 e. The highest BCUT2D eigenvalue weighted by atomic mass is 35.5. The van der Waals surface area contributed by atoms with Gasteiger partial charge in [-0.25, -0.2) is 4.98 Å². The number of aromatic nitrogens is 3. The maximum Gasteiger partial charge on any atom is 0.165 e. The van der Waals surface area contributed by atoms with Gasteiger partial charge in [-0.1, -0.05) is 41.9 Å². The van der Waals surface area contributed by atoms with Crippen LogP contribution in [0.2, 0.25) is 5.02 Å². The number of methoxy groups -OCH3 is 1. The number of rotatable bonds is 7. The molecular formula is C27H28Cl2N4O2. The van der Waals surface area contributed by atoms with Crippen molar-refractivity contribution in [3.05, 3.63) is 76.1 Å². The molecule has 6 nitrogen and oxygen atoms in total. The predicted molar refractivity (Wildman–Crippen MR) is 141 cm³/mol. The van der Waals surface area contributed by atoms with E-state index in [0.717, 1.165) is 64.3 Å². The van der Waals surface area contributed by atoms with E-state index < -0.39 is 0 Å². The minimum absolute atomic E-state index is 0. The third-order valence-electron chi connectivity index (χ3n) is 6.72. The van der Waals surface area contributed by atoms with Gasteiger partial charge in [-0.05, 0) is 49.4 Å². The SMILES string of the molecule is COc1ccc(-c2c(C)nn3c(N(Cc4ccccc4)CC4CC4)c4c(nc23)COC4)c(Cl)c1.Cl. The molecule has 0 spiro atoms. The summed E-state index contributed by atoms with van der Waals surface area (Å²) in [6, 6.07) is 16.4. The lowest BCUT2D eigenvalue weighted by molar-refractivity contribution is 0.133. The molecule has 0 atom stereocenters. The van der Waals surface area contributed by atoms with Gasteiger partial charge in [0.2, 0.25) is 0 Å². The highest BCUT2D eigenvalue weighted by Crippen LogP contribution is 2.40. The van der Waals surface area contributed by atoms with Crippen LogP contribution < -0.4 is 9.64 Å². The van der Waals surface area contributed by atoms with Gasteiger partial charge in [0.05, 0.1) is 42.3 Å². The third-order valence-corrected chi connectivity index (χ3v) is 7.03. The Balaban J connectivity index is 0.00000253. The van der Waals surface area contributed by atoms with Crippen molar-refractivity contribution in [1.82, 2.24) is 14.6 Å². The predicted octanol–water partition coefficient (Wildman–Crippen LogP) is 6.24. The molecule has 0 unspecified atom stereocenters. The molecule has 6 rings (SSSR count). The normalized spacial score (nSPS) is 14.6. The van der Waals surface area contributed by atoms with Crippen LogP contribution in [0, 0.1) is 12.8 Å². The number of nitrogens with zero attached hydrogens (tertiary/aromatic N) is 4. The summed E-state index contributed by atoms with van der Waals surface area (Å²) in [6.45, 7) is 4.92. The van der Waals surface area contributed by atoms with Crippen molar-refractivity contribution in [2.45, 2.75) is 39.5 Å². The molecule has 0 amide bonds. The van der Waals surface area contributed by atoms with Crippen molar-refractivity contribution in [2.24, 2.45) is 5.92 Å². The number of hydrogen-bond donors (Lipinski definition) is 0. The average molecular weight is 511 g/mol. The van der Waals surface area contributed by atoms with Crippen LogP contribution in [-0.4, -0.2) is 28.3 Å². The molecule has 2 aromatic carbocycles. The second kappa shape index (κ2) is 9.69. The lowest BCUT2D eigenvalue weighted by atomic mass is 10.1. The molecule has 35 heavy (non-hydrogen) atoms. The summed E-state index contributed by atoms with van der Waals surface area (Å²) in [5.74, 6) is 2.54. The van der Waals surface area contributed by atoms with Crippen molar-refractivity contribution in [3.8, 4) is 16.9 Å². The number of benzene rings is 2. The Morgan fingerprint density at radius 2 is 1.94 bits per heavy atom. The van der Waals surface area contributed by atoms with E-state index in [4.69, 9.17) is 31.2 Å². The maximum atomic E-state index is 6.70. The molecule has 8 heteroatoms. The summed E-state index contributed by atoms with van der Waals surface area (Å²) in [5, 5.41) is 5.63. The molecule has 1 saturated carbocycles. The van der Waals surface area contributed by atoms with Gasteiger partial charge in [-0.2, -0.15) is 9.61 Å². The molecule has 1 aliphatic heterocycles. The molecule has 3 heterocycles. The van der Waals surface area contributed by atoms with E-state index in [-0.39, 0.29) is 12.4 Å². The van der Waals surface area contributed by atoms with Gasteiger partial charge in [-0.15, -0.1) is 12.4 Å². The zero-order valence-corrected chi connectivity index (χ0v) is 21.4. The first-order chi connectivity index (χ1) is 16.6. The van der Waals surface area contributed by atoms with Crippen LogP contribution in [0.1, 0.15) is 35.4 Å². The van der Waals surface area contributed by atoms with Gasteiger partial charge in [-0.3, -0.25) is 0 Å². The Kier molecular flexibility index (Phi) is 6.62. The first-order valence-corrected chi connectivity index (χ1v) is 12.1. The Morgan fingerprint density at radius 1 is 1.14 bits per heavy atom. The number of fused-ring (bicyclic) bond motifs is 2. The zero-order valence-electron chi connectivity index (χ0n) is 19.8. The molecule has 0 saturated heterocycles. The van der Waals surface area contributed by atoms with Gasteiger partial charge in [0, 0.05) is 24.2 Å². The van der Waals surface area contributed by atoms with Crippen LogP contribution in [0.5, 0.6) is 5.75 Å². The van der Waals surface area contributed by atoms with Crippen molar-refractivity contribution in [1.29, 1.82) is 0 Å². The van der Waals surface area contributed by atoms with Gasteiger partial charge in [0.15, 0.2) is 5.65 Å². The third kappa shape index (κ3) is 4.46. The Hall–Kier alpha value is -2.80. The van der Waals surface area contributed by atoms with E-state index in [1.165, 1.54) is 18.4 Å².